The summed E-state index contributed by atoms with van der Waals surface area (Å²) in [5, 5.41) is 0.644. The monoisotopic (exact) mass is 422 g/mol. The van der Waals surface area contributed by atoms with Crippen molar-refractivity contribution >= 4 is 43.6 Å². The number of ether oxygens (including phenoxy) is 1. The van der Waals surface area contributed by atoms with Gasteiger partial charge in [0.15, 0.2) is 5.13 Å². The lowest BCUT2D eigenvalue weighted by atomic mass is 10.2. The highest BCUT2D eigenvalue weighted by molar-refractivity contribution is 7.22. The number of rotatable bonds is 5. The molecule has 0 bridgehead atoms. The molecule has 5 rings (SSSR count). The van der Waals surface area contributed by atoms with Gasteiger partial charge in [-0.25, -0.2) is 9.78 Å². The minimum atomic E-state index is -0.203. The number of hydrogen-bond donors (Lipinski definition) is 0. The Hall–Kier alpha value is -2.97. The van der Waals surface area contributed by atoms with Crippen molar-refractivity contribution in [3.8, 4) is 0 Å². The molecule has 4 aromatic rings. The third-order valence-corrected chi connectivity index (χ3v) is 6.63. The summed E-state index contributed by atoms with van der Waals surface area (Å²) in [6.45, 7) is 1.12. The van der Waals surface area contributed by atoms with Gasteiger partial charge in [0.1, 0.15) is 6.54 Å². The quantitative estimate of drug-likeness (QED) is 0.495. The van der Waals surface area contributed by atoms with Crippen molar-refractivity contribution in [3.05, 3.63) is 59.0 Å². The first-order valence-corrected chi connectivity index (χ1v) is 10.9. The van der Waals surface area contributed by atoms with Crippen LogP contribution in [0.2, 0.25) is 0 Å². The number of carbonyl (C=O) groups excluding carboxylic acids is 1. The summed E-state index contributed by atoms with van der Waals surface area (Å²) < 4.78 is 9.92. The predicted molar refractivity (Wildman–Crippen MR) is 118 cm³/mol. The van der Waals surface area contributed by atoms with E-state index in [2.05, 4.69) is 4.98 Å². The topological polar surface area (TPSA) is 69.4 Å². The number of thiazole rings is 1. The molecule has 7 nitrogen and oxygen atoms in total. The van der Waals surface area contributed by atoms with E-state index < -0.39 is 0 Å². The molecule has 1 aliphatic rings. The Bertz CT molecular complexity index is 1250. The molecule has 1 aliphatic heterocycles. The largest absolute Gasteiger partial charge is 0.376 e. The Morgan fingerprint density at radius 1 is 1.20 bits per heavy atom. The zero-order valence-electron chi connectivity index (χ0n) is 16.7. The number of amides is 1. The van der Waals surface area contributed by atoms with E-state index in [9.17, 15) is 9.59 Å². The number of aryl methyl sites for hydroxylation is 1. The molecule has 2 aromatic carbocycles. The number of anilines is 1. The van der Waals surface area contributed by atoms with Crippen LogP contribution in [0.1, 0.15) is 12.8 Å². The maximum atomic E-state index is 13.5. The molecule has 3 heterocycles. The average molecular weight is 423 g/mol. The third-order valence-electron chi connectivity index (χ3n) is 5.57. The van der Waals surface area contributed by atoms with Crippen molar-refractivity contribution in [1.29, 1.82) is 0 Å². The van der Waals surface area contributed by atoms with Crippen molar-refractivity contribution in [2.24, 2.45) is 7.05 Å². The second-order valence-electron chi connectivity index (χ2n) is 7.52. The lowest BCUT2D eigenvalue weighted by molar-refractivity contribution is -0.119. The van der Waals surface area contributed by atoms with Gasteiger partial charge < -0.3 is 4.74 Å². The summed E-state index contributed by atoms with van der Waals surface area (Å²) in [5.74, 6) is -0.164. The van der Waals surface area contributed by atoms with E-state index in [0.717, 1.165) is 40.7 Å². The highest BCUT2D eigenvalue weighted by atomic mass is 32.1. The van der Waals surface area contributed by atoms with Gasteiger partial charge in [0, 0.05) is 13.7 Å². The Morgan fingerprint density at radius 2 is 1.97 bits per heavy atom. The van der Waals surface area contributed by atoms with E-state index in [1.54, 1.807) is 16.5 Å². The third kappa shape index (κ3) is 3.32. The Kier molecular flexibility index (Phi) is 4.88. The van der Waals surface area contributed by atoms with Crippen LogP contribution in [-0.2, 0) is 23.1 Å². The van der Waals surface area contributed by atoms with Crippen molar-refractivity contribution in [2.45, 2.75) is 25.5 Å². The molecule has 2 aromatic heterocycles. The van der Waals surface area contributed by atoms with Crippen LogP contribution in [-0.4, -0.2) is 39.3 Å². The molecule has 1 amide bonds. The van der Waals surface area contributed by atoms with Crippen LogP contribution >= 0.6 is 11.3 Å². The molecule has 0 saturated carbocycles. The summed E-state index contributed by atoms with van der Waals surface area (Å²) in [5.41, 5.74) is 2.22. The first kappa shape index (κ1) is 19.0. The zero-order valence-corrected chi connectivity index (χ0v) is 17.5. The highest BCUT2D eigenvalue weighted by Crippen LogP contribution is 2.30. The van der Waals surface area contributed by atoms with Crippen LogP contribution in [0.5, 0.6) is 0 Å². The number of benzene rings is 2. The molecule has 154 valence electrons. The van der Waals surface area contributed by atoms with Crippen LogP contribution in [0.3, 0.4) is 0 Å². The lowest BCUT2D eigenvalue weighted by Crippen LogP contribution is -2.41. The number of nitrogens with zero attached hydrogens (tertiary/aromatic N) is 4. The van der Waals surface area contributed by atoms with Crippen LogP contribution < -0.4 is 10.6 Å². The van der Waals surface area contributed by atoms with Gasteiger partial charge in [-0.3, -0.25) is 18.8 Å². The summed E-state index contributed by atoms with van der Waals surface area (Å²) in [7, 11) is 1.73. The maximum absolute atomic E-state index is 13.5. The lowest BCUT2D eigenvalue weighted by Gasteiger charge is -2.23. The van der Waals surface area contributed by atoms with Gasteiger partial charge >= 0.3 is 5.69 Å². The van der Waals surface area contributed by atoms with Gasteiger partial charge in [0.05, 0.1) is 33.9 Å². The highest BCUT2D eigenvalue weighted by Gasteiger charge is 2.27. The van der Waals surface area contributed by atoms with Crippen LogP contribution in [0.4, 0.5) is 5.13 Å². The van der Waals surface area contributed by atoms with E-state index in [0.29, 0.717) is 11.7 Å². The van der Waals surface area contributed by atoms with Crippen LogP contribution in [0.25, 0.3) is 21.3 Å². The van der Waals surface area contributed by atoms with Gasteiger partial charge in [-0.2, -0.15) is 0 Å². The normalized spacial score (nSPS) is 16.5. The zero-order chi connectivity index (χ0) is 20.7. The SMILES string of the molecule is Cn1c(=O)n(CC(=O)N(CC2CCCO2)c2nc3ccccc3s2)c2ccccc21. The van der Waals surface area contributed by atoms with Gasteiger partial charge in [0.25, 0.3) is 0 Å². The minimum Gasteiger partial charge on any atom is -0.376 e. The van der Waals surface area contributed by atoms with Crippen molar-refractivity contribution in [3.63, 3.8) is 0 Å². The van der Waals surface area contributed by atoms with E-state index in [1.807, 2.05) is 48.5 Å². The first-order valence-electron chi connectivity index (χ1n) is 10.0. The Labute approximate surface area is 177 Å². The van der Waals surface area contributed by atoms with Crippen LogP contribution in [0.15, 0.2) is 53.3 Å². The Balaban J connectivity index is 1.52. The van der Waals surface area contributed by atoms with Crippen molar-refractivity contribution in [1.82, 2.24) is 14.1 Å². The molecule has 1 atom stereocenters. The number of aromatic nitrogens is 3. The summed E-state index contributed by atoms with van der Waals surface area (Å²) in [6.07, 6.45) is 1.91. The molecular formula is C22H22N4O3S. The molecular weight excluding hydrogens is 400 g/mol. The van der Waals surface area contributed by atoms with E-state index in [-0.39, 0.29) is 24.2 Å². The number of hydrogen-bond acceptors (Lipinski definition) is 5. The molecule has 0 aliphatic carbocycles. The second kappa shape index (κ2) is 7.70. The van der Waals surface area contributed by atoms with E-state index in [4.69, 9.17) is 4.74 Å². The Morgan fingerprint density at radius 3 is 2.73 bits per heavy atom. The van der Waals surface area contributed by atoms with Crippen molar-refractivity contribution in [2.75, 3.05) is 18.1 Å². The molecule has 8 heteroatoms. The van der Waals surface area contributed by atoms with Gasteiger partial charge in [-0.05, 0) is 37.1 Å². The first-order chi connectivity index (χ1) is 14.6. The number of imidazole rings is 1. The fourth-order valence-electron chi connectivity index (χ4n) is 3.99. The van der Waals surface area contributed by atoms with E-state index >= 15 is 0 Å². The summed E-state index contributed by atoms with van der Waals surface area (Å²) in [6, 6.07) is 15.4. The molecule has 1 unspecified atom stereocenters. The fraction of sp³-hybridized carbons (Fsp3) is 0.318. The predicted octanol–water partition coefficient (Wildman–Crippen LogP) is 3.16. The average Bonchev–Trinajstić information content (AvgIpc) is 3.48. The summed E-state index contributed by atoms with van der Waals surface area (Å²) in [4.78, 5) is 32.6. The smallest absolute Gasteiger partial charge is 0.329 e. The van der Waals surface area contributed by atoms with E-state index in [1.165, 1.54) is 15.9 Å². The van der Waals surface area contributed by atoms with Gasteiger partial charge in [0.2, 0.25) is 5.91 Å². The maximum Gasteiger partial charge on any atom is 0.329 e. The molecule has 0 spiro atoms. The molecule has 1 fully saturated rings. The van der Waals surface area contributed by atoms with Crippen molar-refractivity contribution < 1.29 is 9.53 Å². The number of para-hydroxylation sites is 3. The molecule has 0 N–H and O–H groups in total. The number of fused-ring (bicyclic) bond motifs is 2. The van der Waals surface area contributed by atoms with Gasteiger partial charge in [-0.15, -0.1) is 0 Å². The molecule has 0 radical (unpaired) electrons. The van der Waals surface area contributed by atoms with Crippen LogP contribution in [0, 0.1) is 0 Å². The second-order valence-corrected chi connectivity index (χ2v) is 8.53. The molecule has 1 saturated heterocycles. The standard InChI is InChI=1S/C22H22N4O3S/c1-24-17-9-3-4-10-18(17)25(22(24)28)14-20(27)26(13-15-7-6-12-29-15)21-23-16-8-2-5-11-19(16)30-21/h2-5,8-11,15H,6-7,12-14H2,1H3. The van der Waals surface area contributed by atoms with Gasteiger partial charge in [-0.1, -0.05) is 35.6 Å². The number of carbonyl (C=O) groups is 1. The minimum absolute atomic E-state index is 0.00907. The summed E-state index contributed by atoms with van der Waals surface area (Å²) >= 11 is 1.49. The molecule has 30 heavy (non-hydrogen) atoms. The fourth-order valence-corrected chi connectivity index (χ4v) is 4.98.